The van der Waals surface area contributed by atoms with Gasteiger partial charge in [-0.3, -0.25) is 10.1 Å². The number of allylic oxidation sites excluding steroid dienone is 1. The molecule has 4 nitrogen and oxygen atoms in total. The smallest absolute Gasteiger partial charge is 0.258 e. The first kappa shape index (κ1) is 15.0. The second-order valence-corrected chi connectivity index (χ2v) is 4.92. The summed E-state index contributed by atoms with van der Waals surface area (Å²) in [6.07, 6.45) is 1.56. The van der Waals surface area contributed by atoms with Crippen molar-refractivity contribution in [1.82, 2.24) is 0 Å². The number of halogens is 2. The van der Waals surface area contributed by atoms with Gasteiger partial charge in [-0.25, -0.2) is 0 Å². The standard InChI is InChI=1S/C15H8Cl2N2O2/c16-14-2-1-3-15(17)13(14)8-11(9-18)10-4-6-12(7-5-10)19(20)21/h1-8H/b11-8-. The Balaban J connectivity index is 2.47. The van der Waals surface area contributed by atoms with Crippen molar-refractivity contribution >= 4 is 40.5 Å². The van der Waals surface area contributed by atoms with Gasteiger partial charge in [0.15, 0.2) is 0 Å². The van der Waals surface area contributed by atoms with Gasteiger partial charge in [-0.15, -0.1) is 0 Å². The molecule has 0 bridgehead atoms. The van der Waals surface area contributed by atoms with Crippen molar-refractivity contribution in [1.29, 1.82) is 5.26 Å². The normalized spacial score (nSPS) is 11.0. The molecule has 0 heterocycles. The van der Waals surface area contributed by atoms with Crippen LogP contribution in [0.4, 0.5) is 5.69 Å². The van der Waals surface area contributed by atoms with Crippen LogP contribution in [-0.2, 0) is 0 Å². The number of hydrogen-bond donors (Lipinski definition) is 0. The average Bonchev–Trinajstić information content (AvgIpc) is 2.47. The van der Waals surface area contributed by atoms with Crippen LogP contribution in [0, 0.1) is 21.4 Å². The van der Waals surface area contributed by atoms with E-state index in [1.807, 2.05) is 6.07 Å². The molecule has 0 N–H and O–H groups in total. The molecule has 0 saturated carbocycles. The van der Waals surface area contributed by atoms with Gasteiger partial charge in [0.1, 0.15) is 0 Å². The first-order valence-electron chi connectivity index (χ1n) is 5.83. The van der Waals surface area contributed by atoms with Crippen LogP contribution in [0.2, 0.25) is 10.0 Å². The third-order valence-corrected chi connectivity index (χ3v) is 3.46. The van der Waals surface area contributed by atoms with Crippen molar-refractivity contribution in [2.75, 3.05) is 0 Å². The molecule has 0 spiro atoms. The summed E-state index contributed by atoms with van der Waals surface area (Å²) in [5, 5.41) is 20.7. The van der Waals surface area contributed by atoms with Gasteiger partial charge in [0, 0.05) is 27.7 Å². The summed E-state index contributed by atoms with van der Waals surface area (Å²) in [5.74, 6) is 0. The molecule has 0 amide bonds. The highest BCUT2D eigenvalue weighted by molar-refractivity contribution is 6.37. The van der Waals surface area contributed by atoms with Gasteiger partial charge >= 0.3 is 0 Å². The van der Waals surface area contributed by atoms with Crippen LogP contribution in [-0.4, -0.2) is 4.92 Å². The lowest BCUT2D eigenvalue weighted by molar-refractivity contribution is -0.384. The van der Waals surface area contributed by atoms with E-state index in [2.05, 4.69) is 0 Å². The molecule has 0 unspecified atom stereocenters. The lowest BCUT2D eigenvalue weighted by atomic mass is 10.0. The SMILES string of the molecule is N#C/C(=C/c1c(Cl)cccc1Cl)c1ccc([N+](=O)[O-])cc1. The van der Waals surface area contributed by atoms with Crippen LogP contribution in [0.5, 0.6) is 0 Å². The van der Waals surface area contributed by atoms with Crippen LogP contribution >= 0.6 is 23.2 Å². The molecule has 0 aromatic heterocycles. The second kappa shape index (κ2) is 6.40. The first-order chi connectivity index (χ1) is 10.0. The molecule has 0 aliphatic heterocycles. The summed E-state index contributed by atoms with van der Waals surface area (Å²) >= 11 is 12.1. The van der Waals surface area contributed by atoms with Crippen LogP contribution in [0.15, 0.2) is 42.5 Å². The van der Waals surface area contributed by atoms with E-state index in [0.29, 0.717) is 26.7 Å². The molecule has 6 heteroatoms. The van der Waals surface area contributed by atoms with Crippen molar-refractivity contribution in [3.63, 3.8) is 0 Å². The number of nitriles is 1. The van der Waals surface area contributed by atoms with Crippen LogP contribution in [0.1, 0.15) is 11.1 Å². The van der Waals surface area contributed by atoms with Crippen molar-refractivity contribution in [2.45, 2.75) is 0 Å². The van der Waals surface area contributed by atoms with Crippen LogP contribution in [0.25, 0.3) is 11.6 Å². The molecular formula is C15H8Cl2N2O2. The van der Waals surface area contributed by atoms with Gasteiger partial charge in [0.05, 0.1) is 16.6 Å². The third kappa shape index (κ3) is 3.40. The number of nitro benzene ring substituents is 1. The van der Waals surface area contributed by atoms with E-state index in [1.165, 1.54) is 24.3 Å². The van der Waals surface area contributed by atoms with Crippen molar-refractivity contribution < 1.29 is 4.92 Å². The first-order valence-corrected chi connectivity index (χ1v) is 6.59. The lowest BCUT2D eigenvalue weighted by Crippen LogP contribution is -1.89. The molecule has 104 valence electrons. The Bertz CT molecular complexity index is 742. The highest BCUT2D eigenvalue weighted by Crippen LogP contribution is 2.29. The molecule has 0 aliphatic rings. The monoisotopic (exact) mass is 318 g/mol. The highest BCUT2D eigenvalue weighted by Gasteiger charge is 2.09. The fraction of sp³-hybridized carbons (Fsp3) is 0. The Hall–Kier alpha value is -2.35. The van der Waals surface area contributed by atoms with Crippen LogP contribution < -0.4 is 0 Å². The molecule has 0 saturated heterocycles. The predicted octanol–water partition coefficient (Wildman–Crippen LogP) is 4.97. The van der Waals surface area contributed by atoms with Gasteiger partial charge < -0.3 is 0 Å². The van der Waals surface area contributed by atoms with Gasteiger partial charge in [-0.2, -0.15) is 5.26 Å². The van der Waals surface area contributed by atoms with Gasteiger partial charge in [-0.05, 0) is 35.9 Å². The topological polar surface area (TPSA) is 66.9 Å². The minimum Gasteiger partial charge on any atom is -0.258 e. The molecule has 0 radical (unpaired) electrons. The van der Waals surface area contributed by atoms with E-state index in [4.69, 9.17) is 23.2 Å². The molecule has 21 heavy (non-hydrogen) atoms. The minimum absolute atomic E-state index is 0.0354. The number of nitrogens with zero attached hydrogens (tertiary/aromatic N) is 2. The molecular weight excluding hydrogens is 311 g/mol. The molecule has 2 rings (SSSR count). The Morgan fingerprint density at radius 3 is 2.19 bits per heavy atom. The summed E-state index contributed by atoms with van der Waals surface area (Å²) in [4.78, 5) is 10.1. The fourth-order valence-electron chi connectivity index (χ4n) is 1.74. The third-order valence-electron chi connectivity index (χ3n) is 2.80. The van der Waals surface area contributed by atoms with E-state index >= 15 is 0 Å². The quantitative estimate of drug-likeness (QED) is 0.347. The Labute approximate surface area is 131 Å². The number of benzene rings is 2. The Morgan fingerprint density at radius 1 is 1.14 bits per heavy atom. The van der Waals surface area contributed by atoms with E-state index in [9.17, 15) is 15.4 Å². The van der Waals surface area contributed by atoms with Crippen LogP contribution in [0.3, 0.4) is 0 Å². The van der Waals surface area contributed by atoms with E-state index in [-0.39, 0.29) is 5.69 Å². The molecule has 2 aromatic carbocycles. The van der Waals surface area contributed by atoms with Gasteiger partial charge in [0.25, 0.3) is 5.69 Å². The summed E-state index contributed by atoms with van der Waals surface area (Å²) in [5.41, 5.74) is 1.38. The molecule has 0 atom stereocenters. The molecule has 0 aliphatic carbocycles. The van der Waals surface area contributed by atoms with Crippen molar-refractivity contribution in [2.24, 2.45) is 0 Å². The molecule has 2 aromatic rings. The number of hydrogen-bond acceptors (Lipinski definition) is 3. The largest absolute Gasteiger partial charge is 0.269 e. The van der Waals surface area contributed by atoms with E-state index in [1.54, 1.807) is 24.3 Å². The summed E-state index contributed by atoms with van der Waals surface area (Å²) < 4.78 is 0. The zero-order chi connectivity index (χ0) is 15.4. The Kier molecular flexibility index (Phi) is 4.59. The maximum atomic E-state index is 10.6. The predicted molar refractivity (Wildman–Crippen MR) is 83.0 cm³/mol. The van der Waals surface area contributed by atoms with Gasteiger partial charge in [0.2, 0.25) is 0 Å². The zero-order valence-corrected chi connectivity index (χ0v) is 12.1. The van der Waals surface area contributed by atoms with E-state index < -0.39 is 4.92 Å². The maximum Gasteiger partial charge on any atom is 0.269 e. The number of non-ortho nitro benzene ring substituents is 1. The lowest BCUT2D eigenvalue weighted by Gasteiger charge is -2.03. The highest BCUT2D eigenvalue weighted by atomic mass is 35.5. The van der Waals surface area contributed by atoms with Crippen molar-refractivity contribution in [3.05, 3.63) is 73.8 Å². The maximum absolute atomic E-state index is 10.6. The van der Waals surface area contributed by atoms with E-state index in [0.717, 1.165) is 0 Å². The number of rotatable bonds is 3. The zero-order valence-electron chi connectivity index (χ0n) is 10.6. The van der Waals surface area contributed by atoms with Gasteiger partial charge in [-0.1, -0.05) is 29.3 Å². The number of nitro groups is 1. The minimum atomic E-state index is -0.496. The summed E-state index contributed by atoms with van der Waals surface area (Å²) in [7, 11) is 0. The van der Waals surface area contributed by atoms with Crippen molar-refractivity contribution in [3.8, 4) is 6.07 Å². The molecule has 0 fully saturated rings. The second-order valence-electron chi connectivity index (χ2n) is 4.11. The summed E-state index contributed by atoms with van der Waals surface area (Å²) in [6.45, 7) is 0. The fourth-order valence-corrected chi connectivity index (χ4v) is 2.24. The average molecular weight is 319 g/mol. The summed E-state index contributed by atoms with van der Waals surface area (Å²) in [6, 6.07) is 12.8. The Morgan fingerprint density at radius 2 is 1.71 bits per heavy atom.